The second-order valence-electron chi connectivity index (χ2n) is 6.36. The van der Waals surface area contributed by atoms with E-state index in [2.05, 4.69) is 10.6 Å². The Hall–Kier alpha value is -3.34. The summed E-state index contributed by atoms with van der Waals surface area (Å²) in [5.41, 5.74) is 4.66. The Kier molecular flexibility index (Phi) is 4.27. The lowest BCUT2D eigenvalue weighted by atomic mass is 10.0. The molecule has 3 aromatic rings. The Morgan fingerprint density at radius 3 is 2.58 bits per heavy atom. The molecular formula is C21H19N3O2. The SMILES string of the molecule is O=C1CCc2cc(CNC(=O)c3ccc(-n4cccc4)cc3)ccc2N1. The highest BCUT2D eigenvalue weighted by Crippen LogP contribution is 2.23. The number of nitrogens with zero attached hydrogens (tertiary/aromatic N) is 1. The van der Waals surface area contributed by atoms with Gasteiger partial charge in [-0.25, -0.2) is 0 Å². The summed E-state index contributed by atoms with van der Waals surface area (Å²) in [6.07, 6.45) is 5.18. The lowest BCUT2D eigenvalue weighted by molar-refractivity contribution is -0.116. The third-order valence-electron chi connectivity index (χ3n) is 4.55. The average molecular weight is 345 g/mol. The number of carbonyl (C=O) groups excluding carboxylic acids is 2. The van der Waals surface area contributed by atoms with Crippen molar-refractivity contribution in [1.29, 1.82) is 0 Å². The maximum atomic E-state index is 12.4. The number of amides is 2. The van der Waals surface area contributed by atoms with Crippen LogP contribution < -0.4 is 10.6 Å². The first kappa shape index (κ1) is 16.1. The summed E-state index contributed by atoms with van der Waals surface area (Å²) in [5.74, 6) is -0.0445. The van der Waals surface area contributed by atoms with E-state index >= 15 is 0 Å². The van der Waals surface area contributed by atoms with Gasteiger partial charge in [0.05, 0.1) is 0 Å². The lowest BCUT2D eigenvalue weighted by Crippen LogP contribution is -2.23. The molecule has 0 saturated carbocycles. The van der Waals surface area contributed by atoms with Crippen molar-refractivity contribution in [3.8, 4) is 5.69 Å². The van der Waals surface area contributed by atoms with Crippen LogP contribution in [-0.2, 0) is 17.8 Å². The molecular weight excluding hydrogens is 326 g/mol. The lowest BCUT2D eigenvalue weighted by Gasteiger charge is -2.17. The number of nitrogens with one attached hydrogen (secondary N) is 2. The Morgan fingerprint density at radius 2 is 1.81 bits per heavy atom. The summed E-state index contributed by atoms with van der Waals surface area (Å²) in [4.78, 5) is 23.8. The van der Waals surface area contributed by atoms with Gasteiger partial charge in [0.1, 0.15) is 0 Å². The summed E-state index contributed by atoms with van der Waals surface area (Å²) < 4.78 is 1.99. The molecule has 0 fully saturated rings. The second-order valence-corrected chi connectivity index (χ2v) is 6.36. The minimum atomic E-state index is -0.102. The average Bonchev–Trinajstić information content (AvgIpc) is 3.21. The molecule has 1 aromatic heterocycles. The van der Waals surface area contributed by atoms with Gasteiger partial charge in [0, 0.05) is 42.3 Å². The highest BCUT2D eigenvalue weighted by molar-refractivity contribution is 5.95. The first-order valence-electron chi connectivity index (χ1n) is 8.62. The van der Waals surface area contributed by atoms with E-state index in [-0.39, 0.29) is 11.8 Å². The minimum Gasteiger partial charge on any atom is -0.348 e. The Labute approximate surface area is 151 Å². The number of anilines is 1. The molecule has 2 aromatic carbocycles. The van der Waals surface area contributed by atoms with E-state index in [1.54, 1.807) is 0 Å². The fourth-order valence-corrected chi connectivity index (χ4v) is 3.12. The maximum Gasteiger partial charge on any atom is 0.251 e. The zero-order valence-corrected chi connectivity index (χ0v) is 14.2. The largest absolute Gasteiger partial charge is 0.348 e. The number of hydrogen-bond acceptors (Lipinski definition) is 2. The Morgan fingerprint density at radius 1 is 1.04 bits per heavy atom. The molecule has 130 valence electrons. The molecule has 4 rings (SSSR count). The molecule has 5 nitrogen and oxygen atoms in total. The molecule has 0 bridgehead atoms. The van der Waals surface area contributed by atoms with Gasteiger partial charge in [0.25, 0.3) is 5.91 Å². The van der Waals surface area contributed by atoms with E-state index in [0.717, 1.165) is 28.9 Å². The maximum absolute atomic E-state index is 12.4. The van der Waals surface area contributed by atoms with Gasteiger partial charge in [0.2, 0.25) is 5.91 Å². The van der Waals surface area contributed by atoms with Crippen molar-refractivity contribution in [3.05, 3.63) is 83.7 Å². The van der Waals surface area contributed by atoms with Crippen LogP contribution in [0.1, 0.15) is 27.9 Å². The summed E-state index contributed by atoms with van der Waals surface area (Å²) in [5, 5.41) is 5.82. The van der Waals surface area contributed by atoms with Crippen molar-refractivity contribution in [3.63, 3.8) is 0 Å². The van der Waals surface area contributed by atoms with E-state index in [1.165, 1.54) is 0 Å². The van der Waals surface area contributed by atoms with Crippen LogP contribution in [0.25, 0.3) is 5.69 Å². The van der Waals surface area contributed by atoms with Gasteiger partial charge in [-0.2, -0.15) is 0 Å². The van der Waals surface area contributed by atoms with E-state index < -0.39 is 0 Å². The van der Waals surface area contributed by atoms with Crippen LogP contribution >= 0.6 is 0 Å². The monoisotopic (exact) mass is 345 g/mol. The van der Waals surface area contributed by atoms with Crippen LogP contribution in [0.2, 0.25) is 0 Å². The zero-order chi connectivity index (χ0) is 17.9. The van der Waals surface area contributed by atoms with Crippen molar-refractivity contribution >= 4 is 17.5 Å². The van der Waals surface area contributed by atoms with Crippen LogP contribution in [0, 0.1) is 0 Å². The molecule has 2 amide bonds. The molecule has 0 atom stereocenters. The molecule has 26 heavy (non-hydrogen) atoms. The Bertz CT molecular complexity index is 944. The summed E-state index contributed by atoms with van der Waals surface area (Å²) in [6.45, 7) is 0.458. The molecule has 1 aliphatic rings. The molecule has 2 N–H and O–H groups in total. The third-order valence-corrected chi connectivity index (χ3v) is 4.55. The highest BCUT2D eigenvalue weighted by atomic mass is 16.2. The van der Waals surface area contributed by atoms with E-state index in [9.17, 15) is 9.59 Å². The molecule has 0 unspecified atom stereocenters. The predicted molar refractivity (Wildman–Crippen MR) is 100 cm³/mol. The van der Waals surface area contributed by atoms with Gasteiger partial charge in [-0.3, -0.25) is 9.59 Å². The molecule has 0 saturated heterocycles. The van der Waals surface area contributed by atoms with E-state index in [0.29, 0.717) is 18.5 Å². The van der Waals surface area contributed by atoms with Crippen molar-refractivity contribution in [2.24, 2.45) is 0 Å². The van der Waals surface area contributed by atoms with Crippen LogP contribution in [0.3, 0.4) is 0 Å². The quantitative estimate of drug-likeness (QED) is 0.762. The zero-order valence-electron chi connectivity index (χ0n) is 14.2. The molecule has 5 heteroatoms. The molecule has 0 spiro atoms. The van der Waals surface area contributed by atoms with Gasteiger partial charge in [-0.15, -0.1) is 0 Å². The highest BCUT2D eigenvalue weighted by Gasteiger charge is 2.15. The van der Waals surface area contributed by atoms with Gasteiger partial charge in [0.15, 0.2) is 0 Å². The van der Waals surface area contributed by atoms with Crippen molar-refractivity contribution in [1.82, 2.24) is 9.88 Å². The fraction of sp³-hybridized carbons (Fsp3) is 0.143. The topological polar surface area (TPSA) is 63.1 Å². The second kappa shape index (κ2) is 6.88. The van der Waals surface area contributed by atoms with Crippen molar-refractivity contribution in [2.45, 2.75) is 19.4 Å². The fourth-order valence-electron chi connectivity index (χ4n) is 3.12. The van der Waals surface area contributed by atoms with E-state index in [4.69, 9.17) is 0 Å². The number of fused-ring (bicyclic) bond motifs is 1. The van der Waals surface area contributed by atoms with Crippen LogP contribution in [0.4, 0.5) is 5.69 Å². The summed E-state index contributed by atoms with van der Waals surface area (Å²) in [6, 6.07) is 17.3. The van der Waals surface area contributed by atoms with Crippen molar-refractivity contribution in [2.75, 3.05) is 5.32 Å². The van der Waals surface area contributed by atoms with Crippen molar-refractivity contribution < 1.29 is 9.59 Å². The first-order chi connectivity index (χ1) is 12.7. The number of aryl methyl sites for hydroxylation is 1. The molecule has 1 aliphatic heterocycles. The number of benzene rings is 2. The predicted octanol–water partition coefficient (Wildman–Crippen LogP) is 3.29. The van der Waals surface area contributed by atoms with Crippen LogP contribution in [0.5, 0.6) is 0 Å². The number of rotatable bonds is 4. The smallest absolute Gasteiger partial charge is 0.251 e. The first-order valence-corrected chi connectivity index (χ1v) is 8.62. The Balaban J connectivity index is 1.40. The molecule has 0 aliphatic carbocycles. The third kappa shape index (κ3) is 3.37. The van der Waals surface area contributed by atoms with Crippen LogP contribution in [0.15, 0.2) is 67.0 Å². The van der Waals surface area contributed by atoms with Gasteiger partial charge in [-0.05, 0) is 60.0 Å². The number of aromatic nitrogens is 1. The van der Waals surface area contributed by atoms with Crippen LogP contribution in [-0.4, -0.2) is 16.4 Å². The normalized spacial score (nSPS) is 13.0. The number of carbonyl (C=O) groups is 2. The summed E-state index contributed by atoms with van der Waals surface area (Å²) in [7, 11) is 0. The molecule has 0 radical (unpaired) electrons. The number of hydrogen-bond donors (Lipinski definition) is 2. The van der Waals surface area contributed by atoms with E-state index in [1.807, 2.05) is 71.6 Å². The van der Waals surface area contributed by atoms with Gasteiger partial charge < -0.3 is 15.2 Å². The minimum absolute atomic E-state index is 0.0573. The van der Waals surface area contributed by atoms with Gasteiger partial charge >= 0.3 is 0 Å². The van der Waals surface area contributed by atoms with Gasteiger partial charge in [-0.1, -0.05) is 12.1 Å². The summed E-state index contributed by atoms with van der Waals surface area (Å²) >= 11 is 0. The standard InChI is InChI=1S/C21H19N3O2/c25-20-10-6-17-13-15(3-9-19(17)23-20)14-22-21(26)16-4-7-18(8-5-16)24-11-1-2-12-24/h1-5,7-9,11-13H,6,10,14H2,(H,22,26)(H,23,25). The molecule has 2 heterocycles.